The highest BCUT2D eigenvalue weighted by Crippen LogP contribution is 2.32. The zero-order valence-corrected chi connectivity index (χ0v) is 14.9. The minimum atomic E-state index is -1.13. The van der Waals surface area contributed by atoms with Crippen molar-refractivity contribution < 1.29 is 24.2 Å². The van der Waals surface area contributed by atoms with Crippen LogP contribution < -0.4 is 4.74 Å². The molecule has 2 aromatic carbocycles. The predicted molar refractivity (Wildman–Crippen MR) is 103 cm³/mol. The fraction of sp³-hybridized carbons (Fsp3) is 0.0952. The molecule has 7 nitrogen and oxygen atoms in total. The van der Waals surface area contributed by atoms with Gasteiger partial charge in [-0.1, -0.05) is 18.2 Å². The highest BCUT2D eigenvalue weighted by Gasteiger charge is 2.19. The SMILES string of the molecule is COCc1c(C(=O)O)ncc2[nH]c3ccc(OC(=O)c4ccccc4)cc3c12. The number of benzene rings is 2. The molecule has 0 radical (unpaired) electrons. The minimum absolute atomic E-state index is 0.0677. The van der Waals surface area contributed by atoms with Crippen LogP contribution in [-0.2, 0) is 11.3 Å². The van der Waals surface area contributed by atoms with Crippen molar-refractivity contribution in [3.8, 4) is 5.75 Å². The largest absolute Gasteiger partial charge is 0.477 e. The van der Waals surface area contributed by atoms with Crippen molar-refractivity contribution in [2.45, 2.75) is 6.61 Å². The summed E-state index contributed by atoms with van der Waals surface area (Å²) in [5.74, 6) is -1.24. The van der Waals surface area contributed by atoms with Gasteiger partial charge in [0.15, 0.2) is 5.69 Å². The number of esters is 1. The number of carbonyl (C=O) groups excluding carboxylic acids is 1. The number of nitrogens with one attached hydrogen (secondary N) is 1. The number of carboxylic acids is 1. The monoisotopic (exact) mass is 376 g/mol. The normalized spacial score (nSPS) is 11.0. The van der Waals surface area contributed by atoms with Crippen LogP contribution >= 0.6 is 0 Å². The first-order valence-corrected chi connectivity index (χ1v) is 8.51. The van der Waals surface area contributed by atoms with E-state index in [9.17, 15) is 14.7 Å². The predicted octanol–water partition coefficient (Wildman–Crippen LogP) is 3.78. The number of fused-ring (bicyclic) bond motifs is 3. The molecular weight excluding hydrogens is 360 g/mol. The lowest BCUT2D eigenvalue weighted by Gasteiger charge is -2.07. The Morgan fingerprint density at radius 3 is 2.61 bits per heavy atom. The molecule has 0 bridgehead atoms. The van der Waals surface area contributed by atoms with E-state index in [0.29, 0.717) is 27.8 Å². The molecule has 140 valence electrons. The average molecular weight is 376 g/mol. The van der Waals surface area contributed by atoms with E-state index in [-0.39, 0.29) is 12.3 Å². The minimum Gasteiger partial charge on any atom is -0.477 e. The van der Waals surface area contributed by atoms with Crippen LogP contribution in [0.1, 0.15) is 26.4 Å². The molecule has 2 aromatic heterocycles. The molecule has 0 amide bonds. The maximum atomic E-state index is 12.3. The van der Waals surface area contributed by atoms with Gasteiger partial charge in [-0.25, -0.2) is 14.6 Å². The Hall–Kier alpha value is -3.71. The van der Waals surface area contributed by atoms with Crippen LogP contribution in [0.4, 0.5) is 0 Å². The molecule has 2 heterocycles. The Morgan fingerprint density at radius 2 is 1.89 bits per heavy atom. The van der Waals surface area contributed by atoms with E-state index in [1.54, 1.807) is 42.5 Å². The van der Waals surface area contributed by atoms with Gasteiger partial charge in [0.05, 0.1) is 23.9 Å². The molecule has 0 unspecified atom stereocenters. The van der Waals surface area contributed by atoms with E-state index in [1.807, 2.05) is 6.07 Å². The van der Waals surface area contributed by atoms with Crippen molar-refractivity contribution in [1.29, 1.82) is 0 Å². The average Bonchev–Trinajstić information content (AvgIpc) is 3.07. The number of carbonyl (C=O) groups is 2. The summed E-state index contributed by atoms with van der Waals surface area (Å²) in [4.78, 5) is 31.1. The Balaban J connectivity index is 1.83. The number of aromatic carboxylic acids is 1. The number of H-pyrrole nitrogens is 1. The van der Waals surface area contributed by atoms with Gasteiger partial charge in [-0.15, -0.1) is 0 Å². The van der Waals surface area contributed by atoms with E-state index in [1.165, 1.54) is 13.3 Å². The topological polar surface area (TPSA) is 102 Å². The number of nitrogens with zero attached hydrogens (tertiary/aromatic N) is 1. The van der Waals surface area contributed by atoms with E-state index < -0.39 is 11.9 Å². The van der Waals surface area contributed by atoms with Crippen molar-refractivity contribution in [1.82, 2.24) is 9.97 Å². The Labute approximate surface area is 159 Å². The molecule has 28 heavy (non-hydrogen) atoms. The van der Waals surface area contributed by atoms with E-state index in [0.717, 1.165) is 10.9 Å². The first-order chi connectivity index (χ1) is 13.6. The van der Waals surface area contributed by atoms with Crippen LogP contribution in [0.15, 0.2) is 54.7 Å². The summed E-state index contributed by atoms with van der Waals surface area (Å²) in [7, 11) is 1.49. The molecule has 0 spiro atoms. The fourth-order valence-electron chi connectivity index (χ4n) is 3.21. The summed E-state index contributed by atoms with van der Waals surface area (Å²) in [5.41, 5.74) is 2.29. The fourth-order valence-corrected chi connectivity index (χ4v) is 3.21. The third-order valence-electron chi connectivity index (χ3n) is 4.42. The second-order valence-corrected chi connectivity index (χ2v) is 6.20. The Bertz CT molecular complexity index is 1200. The van der Waals surface area contributed by atoms with Crippen molar-refractivity contribution in [3.05, 3.63) is 71.5 Å². The lowest BCUT2D eigenvalue weighted by molar-refractivity contribution is 0.0683. The molecule has 0 saturated heterocycles. The molecule has 0 aliphatic rings. The highest BCUT2D eigenvalue weighted by atomic mass is 16.5. The second kappa shape index (κ2) is 7.13. The number of methoxy groups -OCH3 is 1. The summed E-state index contributed by atoms with van der Waals surface area (Å²) in [6.45, 7) is 0.0902. The third kappa shape index (κ3) is 3.08. The molecule has 0 aliphatic carbocycles. The second-order valence-electron chi connectivity index (χ2n) is 6.20. The lowest BCUT2D eigenvalue weighted by Crippen LogP contribution is -2.08. The van der Waals surface area contributed by atoms with Crippen LogP contribution in [0.3, 0.4) is 0 Å². The van der Waals surface area contributed by atoms with Gasteiger partial charge in [0, 0.05) is 29.0 Å². The standard InChI is InChI=1S/C21H16N2O5/c1-27-11-15-18-14-9-13(28-21(26)12-5-3-2-4-6-12)7-8-16(14)23-17(18)10-22-19(15)20(24)25/h2-10,23H,11H2,1H3,(H,24,25). The maximum absolute atomic E-state index is 12.3. The van der Waals surface area contributed by atoms with Gasteiger partial charge in [0.2, 0.25) is 0 Å². The van der Waals surface area contributed by atoms with Gasteiger partial charge in [0.1, 0.15) is 5.75 Å². The number of hydrogen-bond donors (Lipinski definition) is 2. The number of aromatic nitrogens is 2. The number of hydrogen-bond acceptors (Lipinski definition) is 5. The van der Waals surface area contributed by atoms with Crippen LogP contribution in [0.25, 0.3) is 21.8 Å². The molecule has 2 N–H and O–H groups in total. The molecule has 4 rings (SSSR count). The van der Waals surface area contributed by atoms with E-state index >= 15 is 0 Å². The number of carboxylic acid groups (broad SMARTS) is 1. The number of rotatable bonds is 5. The summed E-state index contributed by atoms with van der Waals surface area (Å²) >= 11 is 0. The van der Waals surface area contributed by atoms with Crippen LogP contribution in [-0.4, -0.2) is 34.1 Å². The quantitative estimate of drug-likeness (QED) is 0.406. The molecular formula is C21H16N2O5. The van der Waals surface area contributed by atoms with E-state index in [4.69, 9.17) is 9.47 Å². The van der Waals surface area contributed by atoms with Crippen molar-refractivity contribution in [2.24, 2.45) is 0 Å². The number of ether oxygens (including phenoxy) is 2. The van der Waals surface area contributed by atoms with Gasteiger partial charge < -0.3 is 19.6 Å². The van der Waals surface area contributed by atoms with Crippen molar-refractivity contribution in [2.75, 3.05) is 7.11 Å². The van der Waals surface area contributed by atoms with Gasteiger partial charge in [-0.2, -0.15) is 0 Å². The van der Waals surface area contributed by atoms with Gasteiger partial charge >= 0.3 is 11.9 Å². The van der Waals surface area contributed by atoms with Crippen LogP contribution in [0.5, 0.6) is 5.75 Å². The van der Waals surface area contributed by atoms with Gasteiger partial charge in [0.25, 0.3) is 0 Å². The smallest absolute Gasteiger partial charge is 0.354 e. The number of aromatic amines is 1. The third-order valence-corrected chi connectivity index (χ3v) is 4.42. The van der Waals surface area contributed by atoms with Crippen LogP contribution in [0, 0.1) is 0 Å². The van der Waals surface area contributed by atoms with Crippen molar-refractivity contribution >= 4 is 33.7 Å². The molecule has 4 aromatic rings. The summed E-state index contributed by atoms with van der Waals surface area (Å²) in [6, 6.07) is 13.9. The summed E-state index contributed by atoms with van der Waals surface area (Å²) in [6.07, 6.45) is 1.48. The number of pyridine rings is 1. The van der Waals surface area contributed by atoms with E-state index in [2.05, 4.69) is 9.97 Å². The lowest BCUT2D eigenvalue weighted by atomic mass is 10.1. The van der Waals surface area contributed by atoms with Gasteiger partial charge in [-0.05, 0) is 30.3 Å². The van der Waals surface area contributed by atoms with Gasteiger partial charge in [-0.3, -0.25) is 0 Å². The zero-order valence-electron chi connectivity index (χ0n) is 14.9. The Kier molecular flexibility index (Phi) is 4.50. The molecule has 7 heteroatoms. The maximum Gasteiger partial charge on any atom is 0.354 e. The van der Waals surface area contributed by atoms with Crippen molar-refractivity contribution in [3.63, 3.8) is 0 Å². The molecule has 0 fully saturated rings. The Morgan fingerprint density at radius 1 is 1.11 bits per heavy atom. The first-order valence-electron chi connectivity index (χ1n) is 8.51. The molecule has 0 saturated carbocycles. The molecule has 0 aliphatic heterocycles. The summed E-state index contributed by atoms with van der Waals surface area (Å²) in [5, 5.41) is 10.9. The van der Waals surface area contributed by atoms with Crippen LogP contribution in [0.2, 0.25) is 0 Å². The summed E-state index contributed by atoms with van der Waals surface area (Å²) < 4.78 is 10.7. The zero-order chi connectivity index (χ0) is 19.7. The first kappa shape index (κ1) is 17.7. The molecule has 0 atom stereocenters. The highest BCUT2D eigenvalue weighted by molar-refractivity contribution is 6.11.